The zero-order valence-electron chi connectivity index (χ0n) is 14.1. The average molecular weight is 322 g/mol. The van der Waals surface area contributed by atoms with Crippen LogP contribution in [0.2, 0.25) is 0 Å². The van der Waals surface area contributed by atoms with Gasteiger partial charge >= 0.3 is 0 Å². The molecule has 2 heteroatoms. The van der Waals surface area contributed by atoms with Gasteiger partial charge in [-0.15, -0.1) is 10.2 Å². The second-order valence-corrected chi connectivity index (χ2v) is 6.00. The van der Waals surface area contributed by atoms with Gasteiger partial charge in [0.15, 0.2) is 0 Å². The summed E-state index contributed by atoms with van der Waals surface area (Å²) in [6.45, 7) is 2.13. The van der Waals surface area contributed by atoms with Gasteiger partial charge in [-0.2, -0.15) is 0 Å². The largest absolute Gasteiger partial charge is 0.150 e. The number of nitrogens with zero attached hydrogens (tertiary/aromatic N) is 2. The summed E-state index contributed by atoms with van der Waals surface area (Å²) in [5.41, 5.74) is 7.46. The molecule has 0 unspecified atom stereocenters. The molecule has 4 aromatic rings. The highest BCUT2D eigenvalue weighted by atomic mass is 15.1. The lowest BCUT2D eigenvalue weighted by molar-refractivity contribution is 1.03. The molecule has 0 N–H and O–H groups in total. The van der Waals surface area contributed by atoms with Gasteiger partial charge in [-0.25, -0.2) is 0 Å². The van der Waals surface area contributed by atoms with E-state index in [4.69, 9.17) is 0 Å². The van der Waals surface area contributed by atoms with Gasteiger partial charge in [-0.1, -0.05) is 91.0 Å². The molecule has 0 atom stereocenters. The van der Waals surface area contributed by atoms with Gasteiger partial charge in [-0.05, 0) is 18.1 Å². The molecule has 25 heavy (non-hydrogen) atoms. The van der Waals surface area contributed by atoms with Crippen molar-refractivity contribution in [1.82, 2.24) is 10.2 Å². The molecular weight excluding hydrogens is 304 g/mol. The molecule has 0 aliphatic rings. The zero-order chi connectivity index (χ0) is 17.1. The van der Waals surface area contributed by atoms with Gasteiger partial charge in [0.2, 0.25) is 0 Å². The number of benzene rings is 3. The van der Waals surface area contributed by atoms with E-state index in [1.165, 1.54) is 0 Å². The van der Waals surface area contributed by atoms with E-state index in [-0.39, 0.29) is 0 Å². The molecule has 1 heterocycles. The highest BCUT2D eigenvalue weighted by Crippen LogP contribution is 2.36. The Hall–Kier alpha value is -3.26. The van der Waals surface area contributed by atoms with Crippen LogP contribution in [0.15, 0.2) is 91.0 Å². The standard InChI is InChI=1S/C23H18N2/c1-17-21(18-11-5-2-6-12-18)23(20-15-9-4-10-16-20)25-24-22(17)19-13-7-3-8-14-19/h2-16H,1H3. The van der Waals surface area contributed by atoms with Crippen LogP contribution in [0.1, 0.15) is 5.56 Å². The van der Waals surface area contributed by atoms with Gasteiger partial charge < -0.3 is 0 Å². The lowest BCUT2D eigenvalue weighted by Gasteiger charge is -2.15. The smallest absolute Gasteiger partial charge is 0.101 e. The maximum absolute atomic E-state index is 4.61. The predicted molar refractivity (Wildman–Crippen MR) is 103 cm³/mol. The number of hydrogen-bond acceptors (Lipinski definition) is 2. The molecule has 0 radical (unpaired) electrons. The summed E-state index contributed by atoms with van der Waals surface area (Å²) in [7, 11) is 0. The lowest BCUT2D eigenvalue weighted by Crippen LogP contribution is -2.00. The number of aromatic nitrogens is 2. The van der Waals surface area contributed by atoms with Crippen molar-refractivity contribution in [3.8, 4) is 33.6 Å². The SMILES string of the molecule is Cc1c(-c2ccccc2)nnc(-c2ccccc2)c1-c1ccccc1. The fraction of sp³-hybridized carbons (Fsp3) is 0.0435. The van der Waals surface area contributed by atoms with Crippen molar-refractivity contribution in [3.63, 3.8) is 0 Å². The predicted octanol–water partition coefficient (Wildman–Crippen LogP) is 5.79. The van der Waals surface area contributed by atoms with Crippen LogP contribution in [0.5, 0.6) is 0 Å². The Labute approximate surface area is 147 Å². The van der Waals surface area contributed by atoms with E-state index in [1.54, 1.807) is 0 Å². The molecule has 0 fully saturated rings. The minimum Gasteiger partial charge on any atom is -0.150 e. The summed E-state index contributed by atoms with van der Waals surface area (Å²) < 4.78 is 0. The molecule has 2 nitrogen and oxygen atoms in total. The second-order valence-electron chi connectivity index (χ2n) is 6.00. The van der Waals surface area contributed by atoms with Crippen molar-refractivity contribution in [2.45, 2.75) is 6.92 Å². The van der Waals surface area contributed by atoms with Crippen LogP contribution in [0.4, 0.5) is 0 Å². The zero-order valence-corrected chi connectivity index (χ0v) is 14.1. The molecule has 120 valence electrons. The average Bonchev–Trinajstić information content (AvgIpc) is 2.70. The van der Waals surface area contributed by atoms with Gasteiger partial charge in [0.1, 0.15) is 5.69 Å². The molecule has 0 aliphatic heterocycles. The Bertz CT molecular complexity index is 978. The molecule has 1 aromatic heterocycles. The molecule has 0 saturated carbocycles. The molecule has 0 saturated heterocycles. The Kier molecular flexibility index (Phi) is 4.09. The molecular formula is C23H18N2. The molecule has 3 aromatic carbocycles. The summed E-state index contributed by atoms with van der Waals surface area (Å²) in [5, 5.41) is 9.17. The monoisotopic (exact) mass is 322 g/mol. The topological polar surface area (TPSA) is 25.8 Å². The van der Waals surface area contributed by atoms with Crippen LogP contribution in [0, 0.1) is 6.92 Å². The van der Waals surface area contributed by atoms with Crippen LogP contribution in [0.3, 0.4) is 0 Å². The minimum atomic E-state index is 0.920. The summed E-state index contributed by atoms with van der Waals surface area (Å²) in [6.07, 6.45) is 0. The molecule has 4 rings (SSSR count). The maximum atomic E-state index is 4.61. The fourth-order valence-electron chi connectivity index (χ4n) is 3.15. The van der Waals surface area contributed by atoms with Crippen LogP contribution < -0.4 is 0 Å². The normalized spacial score (nSPS) is 10.6. The summed E-state index contributed by atoms with van der Waals surface area (Å²) in [6, 6.07) is 30.9. The molecule has 0 spiro atoms. The van der Waals surface area contributed by atoms with Crippen LogP contribution in [-0.4, -0.2) is 10.2 Å². The lowest BCUT2D eigenvalue weighted by atomic mass is 9.93. The Morgan fingerprint density at radius 3 is 1.40 bits per heavy atom. The summed E-state index contributed by atoms with van der Waals surface area (Å²) in [4.78, 5) is 0. The fourth-order valence-corrected chi connectivity index (χ4v) is 3.15. The van der Waals surface area contributed by atoms with E-state index in [1.807, 2.05) is 42.5 Å². The maximum Gasteiger partial charge on any atom is 0.101 e. The first-order chi connectivity index (χ1) is 12.3. The van der Waals surface area contributed by atoms with Crippen molar-refractivity contribution in [1.29, 1.82) is 0 Å². The van der Waals surface area contributed by atoms with Gasteiger partial charge in [0.05, 0.1) is 5.69 Å². The second kappa shape index (κ2) is 6.70. The number of hydrogen-bond donors (Lipinski definition) is 0. The van der Waals surface area contributed by atoms with E-state index < -0.39 is 0 Å². The van der Waals surface area contributed by atoms with Crippen molar-refractivity contribution in [2.24, 2.45) is 0 Å². The quantitative estimate of drug-likeness (QED) is 0.477. The van der Waals surface area contributed by atoms with E-state index >= 15 is 0 Å². The minimum absolute atomic E-state index is 0.920. The Morgan fingerprint density at radius 2 is 0.880 bits per heavy atom. The molecule has 0 aliphatic carbocycles. The van der Waals surface area contributed by atoms with E-state index in [2.05, 4.69) is 65.7 Å². The van der Waals surface area contributed by atoms with Gasteiger partial charge in [-0.3, -0.25) is 0 Å². The Morgan fingerprint density at radius 1 is 0.480 bits per heavy atom. The first kappa shape index (κ1) is 15.3. The van der Waals surface area contributed by atoms with E-state index in [0.717, 1.165) is 39.2 Å². The summed E-state index contributed by atoms with van der Waals surface area (Å²) in [5.74, 6) is 0. The van der Waals surface area contributed by atoms with Crippen LogP contribution in [0.25, 0.3) is 33.6 Å². The molecule has 0 bridgehead atoms. The first-order valence-electron chi connectivity index (χ1n) is 8.38. The van der Waals surface area contributed by atoms with Crippen molar-refractivity contribution in [3.05, 3.63) is 96.6 Å². The van der Waals surface area contributed by atoms with E-state index in [9.17, 15) is 0 Å². The highest BCUT2D eigenvalue weighted by molar-refractivity contribution is 5.86. The summed E-state index contributed by atoms with van der Waals surface area (Å²) >= 11 is 0. The number of rotatable bonds is 3. The van der Waals surface area contributed by atoms with Crippen molar-refractivity contribution in [2.75, 3.05) is 0 Å². The Balaban J connectivity index is 2.00. The third kappa shape index (κ3) is 2.94. The third-order valence-electron chi connectivity index (χ3n) is 4.37. The highest BCUT2D eigenvalue weighted by Gasteiger charge is 2.17. The first-order valence-corrected chi connectivity index (χ1v) is 8.38. The van der Waals surface area contributed by atoms with Crippen molar-refractivity contribution < 1.29 is 0 Å². The van der Waals surface area contributed by atoms with E-state index in [0.29, 0.717) is 0 Å². The molecule has 0 amide bonds. The van der Waals surface area contributed by atoms with Gasteiger partial charge in [0.25, 0.3) is 0 Å². The van der Waals surface area contributed by atoms with Crippen LogP contribution in [-0.2, 0) is 0 Å². The van der Waals surface area contributed by atoms with Crippen LogP contribution >= 0.6 is 0 Å². The van der Waals surface area contributed by atoms with Crippen molar-refractivity contribution >= 4 is 0 Å². The van der Waals surface area contributed by atoms with Gasteiger partial charge in [0, 0.05) is 16.7 Å². The third-order valence-corrected chi connectivity index (χ3v) is 4.37.